The summed E-state index contributed by atoms with van der Waals surface area (Å²) < 4.78 is 5.70. The number of hydrogen-bond acceptors (Lipinski definition) is 4. The van der Waals surface area contributed by atoms with Crippen LogP contribution in [0.5, 0.6) is 0 Å². The van der Waals surface area contributed by atoms with E-state index in [1.54, 1.807) is 6.20 Å². The maximum atomic E-state index is 12.4. The molecule has 150 valence electrons. The molecule has 28 heavy (non-hydrogen) atoms. The van der Waals surface area contributed by atoms with Gasteiger partial charge in [-0.1, -0.05) is 18.6 Å². The molecule has 4 rings (SSSR count). The van der Waals surface area contributed by atoms with E-state index in [1.807, 2.05) is 6.07 Å². The number of carbonyl (C=O) groups excluding carboxylic acids is 2. The van der Waals surface area contributed by atoms with E-state index < -0.39 is 0 Å². The third-order valence-corrected chi connectivity index (χ3v) is 5.90. The summed E-state index contributed by atoms with van der Waals surface area (Å²) in [5, 5.41) is 14.0. The van der Waals surface area contributed by atoms with Crippen molar-refractivity contribution in [1.29, 1.82) is 0 Å². The Morgan fingerprint density at radius 2 is 2.14 bits per heavy atom. The zero-order chi connectivity index (χ0) is 19.3. The van der Waals surface area contributed by atoms with Crippen LogP contribution in [0, 0.1) is 11.8 Å². The number of hydrogen-bond donors (Lipinski definition) is 3. The second-order valence-corrected chi connectivity index (χ2v) is 8.03. The first-order chi connectivity index (χ1) is 13.7. The van der Waals surface area contributed by atoms with Gasteiger partial charge in [0.2, 0.25) is 11.8 Å². The first-order valence-electron chi connectivity index (χ1n) is 10.3. The SMILES string of the molecule is O=C(CC1CCC1)NC[C@@H]1C[C@H](C(=O)NCCc2ccc3cn[nH]c3c2)CO1. The van der Waals surface area contributed by atoms with Gasteiger partial charge in [-0.2, -0.15) is 5.10 Å². The highest BCUT2D eigenvalue weighted by atomic mass is 16.5. The highest BCUT2D eigenvalue weighted by molar-refractivity contribution is 5.80. The zero-order valence-corrected chi connectivity index (χ0v) is 16.1. The fourth-order valence-electron chi connectivity index (χ4n) is 3.90. The van der Waals surface area contributed by atoms with Gasteiger partial charge in [-0.25, -0.2) is 0 Å². The van der Waals surface area contributed by atoms with Gasteiger partial charge in [-0.3, -0.25) is 14.7 Å². The number of H-pyrrole nitrogens is 1. The van der Waals surface area contributed by atoms with Crippen LogP contribution in [0.1, 0.15) is 37.7 Å². The van der Waals surface area contributed by atoms with E-state index in [4.69, 9.17) is 4.74 Å². The molecule has 2 aliphatic rings. The number of aromatic nitrogens is 2. The van der Waals surface area contributed by atoms with Gasteiger partial charge < -0.3 is 15.4 Å². The number of rotatable bonds is 8. The summed E-state index contributed by atoms with van der Waals surface area (Å²) in [5.41, 5.74) is 2.17. The van der Waals surface area contributed by atoms with Crippen molar-refractivity contribution in [3.05, 3.63) is 30.0 Å². The average Bonchev–Trinajstić information content (AvgIpc) is 3.32. The van der Waals surface area contributed by atoms with Crippen LogP contribution in [-0.2, 0) is 20.7 Å². The Hall–Kier alpha value is -2.41. The van der Waals surface area contributed by atoms with Crippen LogP contribution in [0.25, 0.3) is 10.9 Å². The molecule has 2 fully saturated rings. The smallest absolute Gasteiger partial charge is 0.225 e. The van der Waals surface area contributed by atoms with Crippen molar-refractivity contribution in [2.45, 2.75) is 44.6 Å². The number of aromatic amines is 1. The number of nitrogens with zero attached hydrogens (tertiary/aromatic N) is 1. The quantitative estimate of drug-likeness (QED) is 0.648. The Kier molecular flexibility index (Phi) is 5.90. The number of ether oxygens (including phenoxy) is 1. The van der Waals surface area contributed by atoms with E-state index in [1.165, 1.54) is 19.3 Å². The van der Waals surface area contributed by atoms with Gasteiger partial charge in [0.25, 0.3) is 0 Å². The highest BCUT2D eigenvalue weighted by Gasteiger charge is 2.31. The van der Waals surface area contributed by atoms with Gasteiger partial charge in [0, 0.05) is 24.9 Å². The van der Waals surface area contributed by atoms with Crippen LogP contribution in [0.15, 0.2) is 24.4 Å². The number of carbonyl (C=O) groups is 2. The molecule has 3 N–H and O–H groups in total. The summed E-state index contributed by atoms with van der Waals surface area (Å²) in [6, 6.07) is 6.16. The molecule has 0 spiro atoms. The largest absolute Gasteiger partial charge is 0.376 e. The third-order valence-electron chi connectivity index (χ3n) is 5.90. The summed E-state index contributed by atoms with van der Waals surface area (Å²) >= 11 is 0. The fraction of sp³-hybridized carbons (Fsp3) is 0.571. The van der Waals surface area contributed by atoms with E-state index in [0.717, 1.165) is 22.9 Å². The van der Waals surface area contributed by atoms with Crippen molar-refractivity contribution < 1.29 is 14.3 Å². The van der Waals surface area contributed by atoms with Crippen LogP contribution >= 0.6 is 0 Å². The molecule has 0 unspecified atom stereocenters. The van der Waals surface area contributed by atoms with Crippen molar-refractivity contribution in [1.82, 2.24) is 20.8 Å². The molecule has 1 saturated carbocycles. The third kappa shape index (κ3) is 4.70. The number of nitrogens with one attached hydrogen (secondary N) is 3. The van der Waals surface area contributed by atoms with Crippen LogP contribution in [0.4, 0.5) is 0 Å². The second-order valence-electron chi connectivity index (χ2n) is 8.03. The first-order valence-corrected chi connectivity index (χ1v) is 10.3. The highest BCUT2D eigenvalue weighted by Crippen LogP contribution is 2.29. The summed E-state index contributed by atoms with van der Waals surface area (Å²) in [6.45, 7) is 1.52. The molecule has 1 aliphatic heterocycles. The number of amides is 2. The summed E-state index contributed by atoms with van der Waals surface area (Å²) in [6.07, 6.45) is 7.39. The maximum Gasteiger partial charge on any atom is 0.225 e. The lowest BCUT2D eigenvalue weighted by molar-refractivity contribution is -0.125. The van der Waals surface area contributed by atoms with Gasteiger partial charge in [0.1, 0.15) is 0 Å². The van der Waals surface area contributed by atoms with Crippen LogP contribution in [0.3, 0.4) is 0 Å². The first kappa shape index (κ1) is 18.9. The van der Waals surface area contributed by atoms with Gasteiger partial charge in [-0.05, 0) is 43.2 Å². The minimum absolute atomic E-state index is 0.0333. The van der Waals surface area contributed by atoms with E-state index in [-0.39, 0.29) is 23.8 Å². The van der Waals surface area contributed by atoms with Crippen molar-refractivity contribution in [2.75, 3.05) is 19.7 Å². The molecule has 2 heterocycles. The maximum absolute atomic E-state index is 12.4. The summed E-state index contributed by atoms with van der Waals surface area (Å²) in [4.78, 5) is 24.3. The molecule has 7 heteroatoms. The van der Waals surface area contributed by atoms with E-state index in [2.05, 4.69) is 33.0 Å². The average molecular weight is 384 g/mol. The summed E-state index contributed by atoms with van der Waals surface area (Å²) in [5.74, 6) is 0.571. The van der Waals surface area contributed by atoms with E-state index in [0.29, 0.717) is 38.5 Å². The van der Waals surface area contributed by atoms with Gasteiger partial charge in [-0.15, -0.1) is 0 Å². The molecule has 2 amide bonds. The predicted octanol–water partition coefficient (Wildman–Crippen LogP) is 1.93. The Morgan fingerprint density at radius 1 is 1.25 bits per heavy atom. The molecular formula is C21H28N4O3. The van der Waals surface area contributed by atoms with Gasteiger partial charge >= 0.3 is 0 Å². The molecule has 7 nitrogen and oxygen atoms in total. The monoisotopic (exact) mass is 384 g/mol. The lowest BCUT2D eigenvalue weighted by Gasteiger charge is -2.24. The minimum Gasteiger partial charge on any atom is -0.376 e. The Balaban J connectivity index is 1.14. The molecule has 2 aromatic rings. The minimum atomic E-state index is -0.136. The van der Waals surface area contributed by atoms with E-state index in [9.17, 15) is 9.59 Å². The lowest BCUT2D eigenvalue weighted by atomic mass is 9.83. The van der Waals surface area contributed by atoms with Crippen molar-refractivity contribution >= 4 is 22.7 Å². The van der Waals surface area contributed by atoms with Gasteiger partial charge in [0.05, 0.1) is 30.3 Å². The molecular weight excluding hydrogens is 356 g/mol. The second kappa shape index (κ2) is 8.73. The molecule has 0 bridgehead atoms. The molecule has 1 aliphatic carbocycles. The van der Waals surface area contributed by atoms with Crippen LogP contribution in [-0.4, -0.2) is 47.8 Å². The Morgan fingerprint density at radius 3 is 2.96 bits per heavy atom. The molecule has 1 saturated heterocycles. The summed E-state index contributed by atoms with van der Waals surface area (Å²) in [7, 11) is 0. The van der Waals surface area contributed by atoms with E-state index >= 15 is 0 Å². The van der Waals surface area contributed by atoms with Crippen molar-refractivity contribution in [2.24, 2.45) is 11.8 Å². The molecule has 2 atom stereocenters. The number of fused-ring (bicyclic) bond motifs is 1. The molecule has 1 aromatic heterocycles. The molecule has 0 radical (unpaired) electrons. The normalized spacial score (nSPS) is 22.1. The zero-order valence-electron chi connectivity index (χ0n) is 16.1. The van der Waals surface area contributed by atoms with Crippen LogP contribution in [0.2, 0.25) is 0 Å². The predicted molar refractivity (Wildman–Crippen MR) is 106 cm³/mol. The topological polar surface area (TPSA) is 96.1 Å². The van der Waals surface area contributed by atoms with Crippen LogP contribution < -0.4 is 10.6 Å². The van der Waals surface area contributed by atoms with Crippen molar-refractivity contribution in [3.8, 4) is 0 Å². The Bertz CT molecular complexity index is 830. The van der Waals surface area contributed by atoms with Gasteiger partial charge in [0.15, 0.2) is 0 Å². The fourth-order valence-corrected chi connectivity index (χ4v) is 3.90. The Labute approximate surface area is 164 Å². The molecule has 1 aromatic carbocycles. The number of benzene rings is 1. The lowest BCUT2D eigenvalue weighted by Crippen LogP contribution is -2.35. The standard InChI is InChI=1S/C21H28N4O3/c26-20(9-14-2-1-3-14)23-12-18-10-17(13-28-18)21(27)22-7-6-15-4-5-16-11-24-25-19(16)8-15/h4-5,8,11,14,17-18H,1-3,6-7,9-10,12-13H2,(H,22,27)(H,23,26)(H,24,25)/t17-,18-/m0/s1. The van der Waals surface area contributed by atoms with Crippen molar-refractivity contribution in [3.63, 3.8) is 0 Å².